The molecule has 0 saturated heterocycles. The zero-order chi connectivity index (χ0) is 16.0. The van der Waals surface area contributed by atoms with E-state index in [1.807, 2.05) is 6.08 Å². The molecule has 0 fully saturated rings. The van der Waals surface area contributed by atoms with Gasteiger partial charge in [-0.1, -0.05) is 54.3 Å². The van der Waals surface area contributed by atoms with E-state index in [9.17, 15) is 0 Å². The quantitative estimate of drug-likeness (QED) is 0.689. The monoisotopic (exact) mass is 327 g/mol. The van der Waals surface area contributed by atoms with E-state index in [0.29, 0.717) is 0 Å². The predicted octanol–water partition coefficient (Wildman–Crippen LogP) is 5.30. The van der Waals surface area contributed by atoms with Crippen molar-refractivity contribution in [2.75, 3.05) is 13.6 Å². The lowest BCUT2D eigenvalue weighted by atomic mass is 9.98. The van der Waals surface area contributed by atoms with Crippen LogP contribution in [0, 0.1) is 17.3 Å². The molecule has 1 nitrogen and oxygen atoms in total. The number of benzene rings is 2. The number of fused-ring (bicyclic) bond motifs is 1. The smallest absolute Gasteiger partial charge is 0.0234 e. The van der Waals surface area contributed by atoms with Gasteiger partial charge in [0.05, 0.1) is 0 Å². The van der Waals surface area contributed by atoms with E-state index in [4.69, 9.17) is 0 Å². The Bertz CT molecular complexity index is 714. The van der Waals surface area contributed by atoms with Gasteiger partial charge in [0.1, 0.15) is 0 Å². The maximum absolute atomic E-state index is 3.21. The number of hydrogen-bond donors (Lipinski definition) is 0. The van der Waals surface area contributed by atoms with Crippen LogP contribution >= 0.6 is 12.4 Å². The minimum atomic E-state index is 0. The molecule has 0 heterocycles. The summed E-state index contributed by atoms with van der Waals surface area (Å²) in [4.78, 5) is 2.29. The van der Waals surface area contributed by atoms with Gasteiger partial charge in [-0.3, -0.25) is 4.90 Å². The summed E-state index contributed by atoms with van der Waals surface area (Å²) in [5.41, 5.74) is 1.41. The van der Waals surface area contributed by atoms with Crippen LogP contribution in [0.15, 0.2) is 54.6 Å². The molecule has 0 aliphatic carbocycles. The lowest BCUT2D eigenvalue weighted by Gasteiger charge is -2.14. The Kier molecular flexibility index (Phi) is 7.36. The molecule has 122 valence electrons. The fraction of sp³-hybridized carbons (Fsp3) is 0.333. The number of nitrogens with zero attached hydrogens (tertiary/aromatic N) is 1. The van der Waals surface area contributed by atoms with E-state index in [2.05, 4.69) is 93.1 Å². The molecule has 2 heteroatoms. The molecule has 0 bridgehead atoms. The summed E-state index contributed by atoms with van der Waals surface area (Å²) < 4.78 is 0. The number of allylic oxidation sites excluding steroid dienone is 1. The van der Waals surface area contributed by atoms with Gasteiger partial charge in [-0.2, -0.15) is 0 Å². The molecule has 0 aliphatic heterocycles. The topological polar surface area (TPSA) is 3.24 Å². The maximum atomic E-state index is 3.21. The summed E-state index contributed by atoms with van der Waals surface area (Å²) in [7, 11) is 2.14. The first-order valence-corrected chi connectivity index (χ1v) is 7.78. The second kappa shape index (κ2) is 8.77. The number of likely N-dealkylation sites (N-methyl/N-ethyl adjacent to an activating group) is 1. The number of rotatable bonds is 4. The van der Waals surface area contributed by atoms with Crippen molar-refractivity contribution in [3.05, 3.63) is 60.2 Å². The van der Waals surface area contributed by atoms with E-state index < -0.39 is 0 Å². The Balaban J connectivity index is 0.00000264. The van der Waals surface area contributed by atoms with Gasteiger partial charge in [0.2, 0.25) is 0 Å². The van der Waals surface area contributed by atoms with Crippen LogP contribution < -0.4 is 0 Å². The van der Waals surface area contributed by atoms with Gasteiger partial charge in [0, 0.05) is 18.5 Å². The number of hydrogen-bond acceptors (Lipinski definition) is 1. The fourth-order valence-corrected chi connectivity index (χ4v) is 2.26. The van der Waals surface area contributed by atoms with Crippen LogP contribution in [-0.4, -0.2) is 18.5 Å². The van der Waals surface area contributed by atoms with Gasteiger partial charge in [0.25, 0.3) is 0 Å². The SMILES string of the molecule is CN(CC=CC#CC(C)(C)C)Cc1ccc2ccccc2c1.Cl. The summed E-state index contributed by atoms with van der Waals surface area (Å²) in [5, 5.41) is 2.60. The van der Waals surface area contributed by atoms with Crippen molar-refractivity contribution in [1.29, 1.82) is 0 Å². The highest BCUT2D eigenvalue weighted by Gasteiger charge is 2.02. The van der Waals surface area contributed by atoms with Crippen molar-refractivity contribution in [3.63, 3.8) is 0 Å². The number of halogens is 1. The Labute approximate surface area is 146 Å². The van der Waals surface area contributed by atoms with E-state index in [-0.39, 0.29) is 17.8 Å². The predicted molar refractivity (Wildman–Crippen MR) is 104 cm³/mol. The van der Waals surface area contributed by atoms with Gasteiger partial charge in [-0.15, -0.1) is 12.4 Å². The summed E-state index contributed by atoms with van der Waals surface area (Å²) >= 11 is 0. The maximum Gasteiger partial charge on any atom is 0.0234 e. The third kappa shape index (κ3) is 6.91. The standard InChI is InChI=1S/C21H25N.ClH/c1-21(2,3)14-8-5-9-15-22(4)17-18-12-13-19-10-6-7-11-20(19)16-18;/h5-7,9-13,16H,15,17H2,1-4H3;1H. The molecule has 0 atom stereocenters. The molecule has 0 unspecified atom stereocenters. The molecule has 0 saturated carbocycles. The van der Waals surface area contributed by atoms with E-state index in [1.54, 1.807) is 0 Å². The first kappa shape index (κ1) is 19.3. The first-order chi connectivity index (χ1) is 10.4. The largest absolute Gasteiger partial charge is 0.298 e. The van der Waals surface area contributed by atoms with Gasteiger partial charge < -0.3 is 0 Å². The molecule has 0 aromatic heterocycles. The molecule has 0 aliphatic rings. The molecule has 2 rings (SSSR count). The van der Waals surface area contributed by atoms with Crippen molar-refractivity contribution in [1.82, 2.24) is 4.90 Å². The van der Waals surface area contributed by atoms with Crippen LogP contribution in [0.2, 0.25) is 0 Å². The van der Waals surface area contributed by atoms with Gasteiger partial charge in [-0.05, 0) is 56.3 Å². The van der Waals surface area contributed by atoms with E-state index >= 15 is 0 Å². The van der Waals surface area contributed by atoms with Crippen LogP contribution in [0.25, 0.3) is 10.8 Å². The van der Waals surface area contributed by atoms with Crippen LogP contribution in [-0.2, 0) is 6.54 Å². The highest BCUT2D eigenvalue weighted by molar-refractivity contribution is 5.85. The van der Waals surface area contributed by atoms with Crippen molar-refractivity contribution in [3.8, 4) is 11.8 Å². The highest BCUT2D eigenvalue weighted by Crippen LogP contribution is 2.16. The summed E-state index contributed by atoms with van der Waals surface area (Å²) in [6, 6.07) is 15.2. The minimum Gasteiger partial charge on any atom is -0.298 e. The molecular weight excluding hydrogens is 302 g/mol. The summed E-state index contributed by atoms with van der Waals surface area (Å²) in [6.07, 6.45) is 4.09. The zero-order valence-corrected chi connectivity index (χ0v) is 15.3. The van der Waals surface area contributed by atoms with Crippen molar-refractivity contribution in [2.45, 2.75) is 27.3 Å². The Hall–Kier alpha value is -1.75. The van der Waals surface area contributed by atoms with Crippen molar-refractivity contribution < 1.29 is 0 Å². The van der Waals surface area contributed by atoms with Crippen LogP contribution in [0.4, 0.5) is 0 Å². The normalized spacial score (nSPS) is 11.3. The second-order valence-electron chi connectivity index (χ2n) is 6.80. The molecule has 0 amide bonds. The van der Waals surface area contributed by atoms with E-state index in [1.165, 1.54) is 16.3 Å². The second-order valence-corrected chi connectivity index (χ2v) is 6.80. The summed E-state index contributed by atoms with van der Waals surface area (Å²) in [6.45, 7) is 8.23. The van der Waals surface area contributed by atoms with Crippen LogP contribution in [0.5, 0.6) is 0 Å². The molecule has 2 aromatic rings. The molecule has 0 radical (unpaired) electrons. The van der Waals surface area contributed by atoms with Crippen molar-refractivity contribution >= 4 is 23.2 Å². The van der Waals surface area contributed by atoms with Crippen molar-refractivity contribution in [2.24, 2.45) is 5.41 Å². The zero-order valence-electron chi connectivity index (χ0n) is 14.5. The average Bonchev–Trinajstić information content (AvgIpc) is 2.45. The molecule has 0 N–H and O–H groups in total. The van der Waals surface area contributed by atoms with Gasteiger partial charge in [-0.25, -0.2) is 0 Å². The Morgan fingerprint density at radius 3 is 2.43 bits per heavy atom. The third-order valence-electron chi connectivity index (χ3n) is 3.33. The van der Waals surface area contributed by atoms with Gasteiger partial charge in [0.15, 0.2) is 0 Å². The Morgan fingerprint density at radius 2 is 1.74 bits per heavy atom. The highest BCUT2D eigenvalue weighted by atomic mass is 35.5. The minimum absolute atomic E-state index is 0. The Morgan fingerprint density at radius 1 is 1.04 bits per heavy atom. The molecule has 2 aromatic carbocycles. The lowest BCUT2D eigenvalue weighted by molar-refractivity contribution is 0.363. The average molecular weight is 328 g/mol. The lowest BCUT2D eigenvalue weighted by Crippen LogP contribution is -2.17. The third-order valence-corrected chi connectivity index (χ3v) is 3.33. The first-order valence-electron chi connectivity index (χ1n) is 7.78. The fourth-order valence-electron chi connectivity index (χ4n) is 2.26. The molecular formula is C21H26ClN. The molecule has 23 heavy (non-hydrogen) atoms. The summed E-state index contributed by atoms with van der Waals surface area (Å²) in [5.74, 6) is 6.32. The molecule has 0 spiro atoms. The van der Waals surface area contributed by atoms with Crippen LogP contribution in [0.3, 0.4) is 0 Å². The van der Waals surface area contributed by atoms with E-state index in [0.717, 1.165) is 13.1 Å². The van der Waals surface area contributed by atoms with Gasteiger partial charge >= 0.3 is 0 Å². The van der Waals surface area contributed by atoms with Crippen LogP contribution in [0.1, 0.15) is 26.3 Å².